The van der Waals surface area contributed by atoms with Gasteiger partial charge in [-0.25, -0.2) is 8.78 Å². The van der Waals surface area contributed by atoms with Crippen molar-refractivity contribution in [2.45, 2.75) is 32.7 Å². The highest BCUT2D eigenvalue weighted by molar-refractivity contribution is 9.10. The molecule has 0 amide bonds. The van der Waals surface area contributed by atoms with Crippen molar-refractivity contribution in [2.24, 2.45) is 5.92 Å². The molecule has 0 aliphatic heterocycles. The van der Waals surface area contributed by atoms with Gasteiger partial charge in [-0.1, -0.05) is 26.7 Å². The molecule has 96 valence electrons. The highest BCUT2D eigenvalue weighted by atomic mass is 79.9. The van der Waals surface area contributed by atoms with Gasteiger partial charge in [-0.3, -0.25) is 0 Å². The Labute approximate surface area is 110 Å². The SMILES string of the molecule is CCC(CC)C(NC)c1cc(F)c(Br)cc1F. The molecule has 0 heterocycles. The first-order valence-corrected chi connectivity index (χ1v) is 6.66. The van der Waals surface area contributed by atoms with Crippen LogP contribution in [-0.4, -0.2) is 7.05 Å². The van der Waals surface area contributed by atoms with E-state index in [4.69, 9.17) is 0 Å². The molecule has 0 saturated carbocycles. The Morgan fingerprint density at radius 2 is 1.76 bits per heavy atom. The maximum atomic E-state index is 13.9. The molecule has 1 unspecified atom stereocenters. The molecule has 1 atom stereocenters. The summed E-state index contributed by atoms with van der Waals surface area (Å²) < 4.78 is 27.5. The maximum absolute atomic E-state index is 13.9. The number of nitrogens with one attached hydrogen (secondary N) is 1. The van der Waals surface area contributed by atoms with Crippen LogP contribution in [0.1, 0.15) is 38.3 Å². The highest BCUT2D eigenvalue weighted by Gasteiger charge is 2.23. The van der Waals surface area contributed by atoms with Crippen LogP contribution in [0.4, 0.5) is 8.78 Å². The molecule has 1 aromatic rings. The van der Waals surface area contributed by atoms with Crippen molar-refractivity contribution in [2.75, 3.05) is 7.05 Å². The Morgan fingerprint density at radius 1 is 1.18 bits per heavy atom. The minimum absolute atomic E-state index is 0.146. The van der Waals surface area contributed by atoms with E-state index in [9.17, 15) is 8.78 Å². The third-order valence-electron chi connectivity index (χ3n) is 3.21. The summed E-state index contributed by atoms with van der Waals surface area (Å²) in [7, 11) is 1.78. The summed E-state index contributed by atoms with van der Waals surface area (Å²) in [4.78, 5) is 0. The second-order valence-electron chi connectivity index (χ2n) is 4.13. The van der Waals surface area contributed by atoms with Crippen LogP contribution >= 0.6 is 15.9 Å². The lowest BCUT2D eigenvalue weighted by Crippen LogP contribution is -2.25. The molecule has 0 saturated heterocycles. The van der Waals surface area contributed by atoms with Gasteiger partial charge in [-0.15, -0.1) is 0 Å². The van der Waals surface area contributed by atoms with Crippen molar-refractivity contribution in [1.29, 1.82) is 0 Å². The lowest BCUT2D eigenvalue weighted by Gasteiger charge is -2.25. The summed E-state index contributed by atoms with van der Waals surface area (Å²) in [5, 5.41) is 3.09. The van der Waals surface area contributed by atoms with Gasteiger partial charge in [0, 0.05) is 11.6 Å². The van der Waals surface area contributed by atoms with Gasteiger partial charge in [0.1, 0.15) is 11.6 Å². The quantitative estimate of drug-likeness (QED) is 0.794. The average molecular weight is 306 g/mol. The summed E-state index contributed by atoms with van der Waals surface area (Å²) in [5.74, 6) is -0.493. The van der Waals surface area contributed by atoms with E-state index in [0.717, 1.165) is 12.8 Å². The molecular formula is C13H18BrF2N. The van der Waals surface area contributed by atoms with Crippen molar-refractivity contribution < 1.29 is 8.78 Å². The predicted octanol–water partition coefficient (Wildman–Crippen LogP) is 4.42. The summed E-state index contributed by atoms with van der Waals surface area (Å²) in [6, 6.07) is 2.32. The van der Waals surface area contributed by atoms with Crippen LogP contribution in [0.5, 0.6) is 0 Å². The van der Waals surface area contributed by atoms with E-state index in [1.807, 2.05) is 0 Å². The van der Waals surface area contributed by atoms with Crippen molar-refractivity contribution in [1.82, 2.24) is 5.32 Å². The normalized spacial score (nSPS) is 13.1. The summed E-state index contributed by atoms with van der Waals surface area (Å²) in [6.45, 7) is 4.12. The smallest absolute Gasteiger partial charge is 0.137 e. The van der Waals surface area contributed by atoms with E-state index in [1.165, 1.54) is 12.1 Å². The largest absolute Gasteiger partial charge is 0.313 e. The van der Waals surface area contributed by atoms with Crippen molar-refractivity contribution >= 4 is 15.9 Å². The Hall–Kier alpha value is -0.480. The van der Waals surface area contributed by atoms with Gasteiger partial charge in [0.15, 0.2) is 0 Å². The van der Waals surface area contributed by atoms with Crippen LogP contribution in [0.2, 0.25) is 0 Å². The van der Waals surface area contributed by atoms with Crippen molar-refractivity contribution in [3.63, 3.8) is 0 Å². The zero-order valence-corrected chi connectivity index (χ0v) is 11.9. The van der Waals surface area contributed by atoms with E-state index >= 15 is 0 Å². The number of hydrogen-bond donors (Lipinski definition) is 1. The summed E-state index contributed by atoms with van der Waals surface area (Å²) in [5.41, 5.74) is 0.405. The number of benzene rings is 1. The molecule has 0 fully saturated rings. The van der Waals surface area contributed by atoms with Gasteiger partial charge in [0.25, 0.3) is 0 Å². The van der Waals surface area contributed by atoms with E-state index in [-0.39, 0.29) is 16.3 Å². The second-order valence-corrected chi connectivity index (χ2v) is 4.99. The Bertz CT molecular complexity index is 378. The summed E-state index contributed by atoms with van der Waals surface area (Å²) in [6.07, 6.45) is 1.86. The molecule has 0 bridgehead atoms. The van der Waals surface area contributed by atoms with Gasteiger partial charge in [-0.05, 0) is 41.0 Å². The van der Waals surface area contributed by atoms with Gasteiger partial charge < -0.3 is 5.32 Å². The highest BCUT2D eigenvalue weighted by Crippen LogP contribution is 2.31. The van der Waals surface area contributed by atoms with E-state index in [0.29, 0.717) is 11.5 Å². The molecule has 1 aromatic carbocycles. The topological polar surface area (TPSA) is 12.0 Å². The number of rotatable bonds is 5. The molecule has 17 heavy (non-hydrogen) atoms. The lowest BCUT2D eigenvalue weighted by molar-refractivity contribution is 0.348. The van der Waals surface area contributed by atoms with Gasteiger partial charge in [0.2, 0.25) is 0 Å². The third-order valence-corrected chi connectivity index (χ3v) is 3.81. The van der Waals surface area contributed by atoms with Crippen molar-refractivity contribution in [3.05, 3.63) is 33.8 Å². The van der Waals surface area contributed by atoms with Crippen LogP contribution in [0.15, 0.2) is 16.6 Å². The molecule has 0 aliphatic carbocycles. The number of halogens is 3. The number of hydrogen-bond acceptors (Lipinski definition) is 1. The monoisotopic (exact) mass is 305 g/mol. The summed E-state index contributed by atoms with van der Waals surface area (Å²) >= 11 is 2.99. The van der Waals surface area contributed by atoms with Crippen LogP contribution < -0.4 is 5.32 Å². The minimum atomic E-state index is -0.424. The van der Waals surface area contributed by atoms with Crippen LogP contribution in [0.3, 0.4) is 0 Å². The Balaban J connectivity index is 3.15. The molecular weight excluding hydrogens is 288 g/mol. The zero-order chi connectivity index (χ0) is 13.0. The first-order valence-electron chi connectivity index (χ1n) is 5.86. The molecule has 0 aliphatic rings. The van der Waals surface area contributed by atoms with Crippen LogP contribution in [0.25, 0.3) is 0 Å². The molecule has 0 aromatic heterocycles. The molecule has 0 spiro atoms. The zero-order valence-electron chi connectivity index (χ0n) is 10.4. The minimum Gasteiger partial charge on any atom is -0.313 e. The van der Waals surface area contributed by atoms with E-state index in [2.05, 4.69) is 35.1 Å². The van der Waals surface area contributed by atoms with E-state index in [1.54, 1.807) is 7.05 Å². The molecule has 1 nitrogen and oxygen atoms in total. The Morgan fingerprint density at radius 3 is 2.24 bits per heavy atom. The second kappa shape index (κ2) is 6.45. The predicted molar refractivity (Wildman–Crippen MR) is 69.9 cm³/mol. The van der Waals surface area contributed by atoms with Crippen LogP contribution in [0, 0.1) is 17.6 Å². The molecule has 1 rings (SSSR count). The fourth-order valence-corrected chi connectivity index (χ4v) is 2.50. The van der Waals surface area contributed by atoms with Gasteiger partial charge >= 0.3 is 0 Å². The fourth-order valence-electron chi connectivity index (χ4n) is 2.18. The maximum Gasteiger partial charge on any atom is 0.137 e. The first-order chi connectivity index (χ1) is 8.04. The van der Waals surface area contributed by atoms with Crippen molar-refractivity contribution in [3.8, 4) is 0 Å². The standard InChI is InChI=1S/C13H18BrF2N/c1-4-8(5-2)13(17-3)9-6-12(16)10(14)7-11(9)15/h6-8,13,17H,4-5H2,1-3H3. The van der Waals surface area contributed by atoms with Crippen LogP contribution in [-0.2, 0) is 0 Å². The molecule has 4 heteroatoms. The van der Waals surface area contributed by atoms with E-state index < -0.39 is 5.82 Å². The van der Waals surface area contributed by atoms with Gasteiger partial charge in [0.05, 0.1) is 4.47 Å². The van der Waals surface area contributed by atoms with Gasteiger partial charge in [-0.2, -0.15) is 0 Å². The fraction of sp³-hybridized carbons (Fsp3) is 0.538. The first kappa shape index (κ1) is 14.6. The molecule has 0 radical (unpaired) electrons. The average Bonchev–Trinajstić information content (AvgIpc) is 2.31. The lowest BCUT2D eigenvalue weighted by atomic mass is 9.88. The third kappa shape index (κ3) is 3.26. The Kier molecular flexibility index (Phi) is 5.53. The molecule has 1 N–H and O–H groups in total.